The van der Waals surface area contributed by atoms with Crippen LogP contribution in [0, 0.1) is 6.92 Å². The molecule has 2 nitrogen and oxygen atoms in total. The molecule has 116 valence electrons. The quantitative estimate of drug-likeness (QED) is 0.611. The van der Waals surface area contributed by atoms with Gasteiger partial charge in [0.15, 0.2) is 0 Å². The molecule has 0 radical (unpaired) electrons. The van der Waals surface area contributed by atoms with E-state index in [1.807, 2.05) is 24.3 Å². The highest BCUT2D eigenvalue weighted by Gasteiger charge is 2.20. The summed E-state index contributed by atoms with van der Waals surface area (Å²) in [6, 6.07) is 14.3. The molecule has 0 heterocycles. The van der Waals surface area contributed by atoms with Crippen LogP contribution in [0.4, 0.5) is 0 Å². The molecule has 0 amide bonds. The summed E-state index contributed by atoms with van der Waals surface area (Å²) in [5.41, 5.74) is 1.89. The highest BCUT2D eigenvalue weighted by Crippen LogP contribution is 2.28. The topological polar surface area (TPSA) is 26.3 Å². The van der Waals surface area contributed by atoms with Crippen LogP contribution in [-0.4, -0.2) is 21.2 Å². The Bertz CT molecular complexity index is 672. The molecule has 0 aliphatic carbocycles. The van der Waals surface area contributed by atoms with Gasteiger partial charge in [0.25, 0.3) is 0 Å². The number of rotatable bonds is 4. The highest BCUT2D eigenvalue weighted by atomic mass is 32.2. The second kappa shape index (κ2) is 6.71. The predicted molar refractivity (Wildman–Crippen MR) is 96.1 cm³/mol. The molecule has 0 bridgehead atoms. The molecule has 4 heteroatoms. The van der Waals surface area contributed by atoms with Crippen LogP contribution in [0.2, 0.25) is 19.6 Å². The maximum absolute atomic E-state index is 11.5. The Labute approximate surface area is 137 Å². The van der Waals surface area contributed by atoms with Crippen molar-refractivity contribution in [1.82, 2.24) is 0 Å². The number of aryl methyl sites for hydroxylation is 1. The molecule has 2 aromatic rings. The van der Waals surface area contributed by atoms with Gasteiger partial charge in [-0.25, -0.2) is 4.79 Å². The standard InChI is InChI=1S/C18H22O2SSi/c1-13-6-11-16(17(12-13)22(3,4)5)21-15-9-7-14(8-10-15)18(19)20-2/h6-12H,1-5H3. The Kier molecular flexibility index (Phi) is 5.14. The third-order valence-electron chi connectivity index (χ3n) is 3.45. The molecule has 2 rings (SSSR count). The van der Waals surface area contributed by atoms with Crippen LogP contribution in [0.15, 0.2) is 52.3 Å². The molecule has 0 saturated heterocycles. The predicted octanol–water partition coefficient (Wildman–Crippen LogP) is 4.48. The van der Waals surface area contributed by atoms with Crippen LogP contribution in [0.1, 0.15) is 15.9 Å². The lowest BCUT2D eigenvalue weighted by Crippen LogP contribution is -2.39. The van der Waals surface area contributed by atoms with E-state index in [1.54, 1.807) is 11.8 Å². The van der Waals surface area contributed by atoms with E-state index < -0.39 is 8.07 Å². The number of hydrogen-bond acceptors (Lipinski definition) is 3. The average molecular weight is 331 g/mol. The molecule has 0 saturated carbocycles. The maximum atomic E-state index is 11.5. The fourth-order valence-electron chi connectivity index (χ4n) is 2.22. The van der Waals surface area contributed by atoms with E-state index in [0.29, 0.717) is 5.56 Å². The molecular weight excluding hydrogens is 308 g/mol. The van der Waals surface area contributed by atoms with Gasteiger partial charge in [0, 0.05) is 9.79 Å². The van der Waals surface area contributed by atoms with Crippen molar-refractivity contribution in [3.8, 4) is 0 Å². The van der Waals surface area contributed by atoms with Crippen molar-refractivity contribution in [2.45, 2.75) is 36.4 Å². The average Bonchev–Trinajstić information content (AvgIpc) is 2.48. The van der Waals surface area contributed by atoms with Gasteiger partial charge >= 0.3 is 5.97 Å². The molecule has 2 aromatic carbocycles. The fraction of sp³-hybridized carbons (Fsp3) is 0.278. The zero-order valence-corrected chi connectivity index (χ0v) is 15.6. The van der Waals surface area contributed by atoms with Crippen LogP contribution in [0.3, 0.4) is 0 Å². The molecule has 0 fully saturated rings. The third kappa shape index (κ3) is 4.02. The Balaban J connectivity index is 2.29. The minimum atomic E-state index is -1.39. The van der Waals surface area contributed by atoms with E-state index in [4.69, 9.17) is 4.74 Å². The smallest absolute Gasteiger partial charge is 0.337 e. The van der Waals surface area contributed by atoms with E-state index in [9.17, 15) is 4.79 Å². The van der Waals surface area contributed by atoms with Gasteiger partial charge in [-0.1, -0.05) is 49.1 Å². The molecule has 0 spiro atoms. The van der Waals surface area contributed by atoms with Crippen LogP contribution in [0.25, 0.3) is 0 Å². The van der Waals surface area contributed by atoms with E-state index in [0.717, 1.165) is 4.90 Å². The van der Waals surface area contributed by atoms with E-state index in [1.165, 1.54) is 22.8 Å². The molecule has 0 N–H and O–H groups in total. The van der Waals surface area contributed by atoms with Crippen LogP contribution in [0.5, 0.6) is 0 Å². The first-order valence-corrected chi connectivity index (χ1v) is 11.6. The van der Waals surface area contributed by atoms with Gasteiger partial charge in [0.2, 0.25) is 0 Å². The Morgan fingerprint density at radius 3 is 2.23 bits per heavy atom. The largest absolute Gasteiger partial charge is 0.465 e. The number of hydrogen-bond donors (Lipinski definition) is 0. The van der Waals surface area contributed by atoms with Gasteiger partial charge in [0.05, 0.1) is 20.7 Å². The third-order valence-corrected chi connectivity index (χ3v) is 6.74. The van der Waals surface area contributed by atoms with E-state index in [-0.39, 0.29) is 5.97 Å². The summed E-state index contributed by atoms with van der Waals surface area (Å²) in [4.78, 5) is 13.9. The normalized spacial score (nSPS) is 11.3. The minimum Gasteiger partial charge on any atom is -0.465 e. The van der Waals surface area contributed by atoms with Crippen molar-refractivity contribution in [2.24, 2.45) is 0 Å². The summed E-state index contributed by atoms with van der Waals surface area (Å²) in [6.45, 7) is 9.24. The zero-order valence-electron chi connectivity index (χ0n) is 13.8. The Morgan fingerprint density at radius 2 is 1.68 bits per heavy atom. The number of carbonyl (C=O) groups excluding carboxylic acids is 1. The van der Waals surface area contributed by atoms with Crippen molar-refractivity contribution < 1.29 is 9.53 Å². The van der Waals surface area contributed by atoms with Gasteiger partial charge in [-0.05, 0) is 42.4 Å². The highest BCUT2D eigenvalue weighted by molar-refractivity contribution is 7.99. The Hall–Kier alpha value is -1.52. The van der Waals surface area contributed by atoms with Crippen LogP contribution >= 0.6 is 11.8 Å². The summed E-state index contributed by atoms with van der Waals surface area (Å²) in [5, 5.41) is 1.48. The van der Waals surface area contributed by atoms with Gasteiger partial charge in [-0.15, -0.1) is 0 Å². The summed E-state index contributed by atoms with van der Waals surface area (Å²) in [6.07, 6.45) is 0. The first-order valence-electron chi connectivity index (χ1n) is 7.28. The lowest BCUT2D eigenvalue weighted by molar-refractivity contribution is 0.0600. The van der Waals surface area contributed by atoms with Crippen molar-refractivity contribution in [3.05, 3.63) is 53.6 Å². The molecular formula is C18H22O2SSi. The second-order valence-corrected chi connectivity index (χ2v) is 12.5. The first-order chi connectivity index (χ1) is 10.3. The number of methoxy groups -OCH3 is 1. The Morgan fingerprint density at radius 1 is 1.05 bits per heavy atom. The summed E-state index contributed by atoms with van der Waals surface area (Å²) in [5.74, 6) is -0.297. The summed E-state index contributed by atoms with van der Waals surface area (Å²) in [7, 11) is 0.00768. The molecule has 0 aliphatic heterocycles. The lowest BCUT2D eigenvalue weighted by atomic mass is 10.2. The molecule has 22 heavy (non-hydrogen) atoms. The molecule has 0 unspecified atom stereocenters. The maximum Gasteiger partial charge on any atom is 0.337 e. The monoisotopic (exact) mass is 330 g/mol. The van der Waals surface area contributed by atoms with Crippen molar-refractivity contribution in [1.29, 1.82) is 0 Å². The van der Waals surface area contributed by atoms with Crippen LogP contribution in [-0.2, 0) is 4.74 Å². The van der Waals surface area contributed by atoms with Crippen molar-refractivity contribution >= 4 is 31.0 Å². The van der Waals surface area contributed by atoms with E-state index >= 15 is 0 Å². The zero-order chi connectivity index (χ0) is 16.3. The van der Waals surface area contributed by atoms with Crippen molar-refractivity contribution in [3.63, 3.8) is 0 Å². The van der Waals surface area contributed by atoms with Gasteiger partial charge in [-0.3, -0.25) is 0 Å². The summed E-state index contributed by atoms with van der Waals surface area (Å²) < 4.78 is 4.73. The number of ether oxygens (including phenoxy) is 1. The fourth-order valence-corrected chi connectivity index (χ4v) is 5.61. The van der Waals surface area contributed by atoms with Gasteiger partial charge < -0.3 is 4.74 Å². The molecule has 0 aromatic heterocycles. The van der Waals surface area contributed by atoms with Gasteiger partial charge in [0.1, 0.15) is 0 Å². The lowest BCUT2D eigenvalue weighted by Gasteiger charge is -2.21. The SMILES string of the molecule is COC(=O)c1ccc(Sc2ccc(C)cc2[Si](C)(C)C)cc1. The minimum absolute atomic E-state index is 0.297. The summed E-state index contributed by atoms with van der Waals surface area (Å²) >= 11 is 1.76. The number of carbonyl (C=O) groups is 1. The van der Waals surface area contributed by atoms with E-state index in [2.05, 4.69) is 44.8 Å². The van der Waals surface area contributed by atoms with Crippen molar-refractivity contribution in [2.75, 3.05) is 7.11 Å². The second-order valence-electron chi connectivity index (χ2n) is 6.37. The molecule has 0 atom stereocenters. The first kappa shape index (κ1) is 16.8. The van der Waals surface area contributed by atoms with Gasteiger partial charge in [-0.2, -0.15) is 0 Å². The molecule has 0 aliphatic rings. The number of benzene rings is 2. The number of esters is 1. The van der Waals surface area contributed by atoms with Crippen LogP contribution < -0.4 is 5.19 Å².